The minimum atomic E-state index is -1.49. The van der Waals surface area contributed by atoms with E-state index in [1.54, 1.807) is 0 Å². The summed E-state index contributed by atoms with van der Waals surface area (Å²) in [4.78, 5) is 20.9. The number of hydrogen-bond donors (Lipinski definition) is 2. The van der Waals surface area contributed by atoms with E-state index in [0.717, 1.165) is 0 Å². The molecule has 1 aromatic carbocycles. The van der Waals surface area contributed by atoms with E-state index in [1.165, 1.54) is 25.3 Å². The van der Waals surface area contributed by atoms with Gasteiger partial charge in [0, 0.05) is 0 Å². The molecule has 15 heavy (non-hydrogen) atoms. The summed E-state index contributed by atoms with van der Waals surface area (Å²) in [6.45, 7) is 0. The van der Waals surface area contributed by atoms with Gasteiger partial charge in [-0.3, -0.25) is 0 Å². The third kappa shape index (κ3) is 2.60. The standard InChI is InChI=1S/C9H8O6/c1-14-7-4-5(8(10)11)2-3-6(7)15-9(12)13/h2-4H,1H3,(H,10,11)(H,12,13). The zero-order valence-corrected chi connectivity index (χ0v) is 7.76. The summed E-state index contributed by atoms with van der Waals surface area (Å²) in [6.07, 6.45) is -1.49. The lowest BCUT2D eigenvalue weighted by Crippen LogP contribution is -2.05. The molecule has 80 valence electrons. The molecule has 0 fully saturated rings. The van der Waals surface area contributed by atoms with E-state index < -0.39 is 12.1 Å². The first-order chi connectivity index (χ1) is 7.04. The number of methoxy groups -OCH3 is 1. The average Bonchev–Trinajstić information content (AvgIpc) is 2.17. The summed E-state index contributed by atoms with van der Waals surface area (Å²) >= 11 is 0. The molecule has 0 atom stereocenters. The summed E-state index contributed by atoms with van der Waals surface area (Å²) in [7, 11) is 1.29. The summed E-state index contributed by atoms with van der Waals surface area (Å²) in [5.41, 5.74) is -0.00964. The Morgan fingerprint density at radius 3 is 2.33 bits per heavy atom. The van der Waals surface area contributed by atoms with Gasteiger partial charge in [-0.2, -0.15) is 0 Å². The quantitative estimate of drug-likeness (QED) is 0.581. The summed E-state index contributed by atoms with van der Waals surface area (Å²) in [5.74, 6) is -1.12. The first kappa shape index (κ1) is 10.8. The van der Waals surface area contributed by atoms with E-state index in [9.17, 15) is 9.59 Å². The van der Waals surface area contributed by atoms with Gasteiger partial charge in [0.05, 0.1) is 12.7 Å². The van der Waals surface area contributed by atoms with Gasteiger partial charge >= 0.3 is 12.1 Å². The Labute approximate surface area is 84.7 Å². The predicted molar refractivity (Wildman–Crippen MR) is 48.6 cm³/mol. The minimum Gasteiger partial charge on any atom is -0.493 e. The summed E-state index contributed by atoms with van der Waals surface area (Å²) < 4.78 is 9.16. The van der Waals surface area contributed by atoms with E-state index in [4.69, 9.17) is 14.9 Å². The van der Waals surface area contributed by atoms with Gasteiger partial charge in [0.1, 0.15) is 0 Å². The van der Waals surface area contributed by atoms with Crippen LogP contribution in [0.1, 0.15) is 10.4 Å². The first-order valence-corrected chi connectivity index (χ1v) is 3.86. The van der Waals surface area contributed by atoms with Crippen LogP contribution in [0.15, 0.2) is 18.2 Å². The van der Waals surface area contributed by atoms with Gasteiger partial charge in [-0.15, -0.1) is 0 Å². The molecule has 0 aromatic heterocycles. The van der Waals surface area contributed by atoms with Crippen molar-refractivity contribution >= 4 is 12.1 Å². The van der Waals surface area contributed by atoms with Crippen LogP contribution in [0.5, 0.6) is 11.5 Å². The maximum Gasteiger partial charge on any atom is 0.511 e. The fourth-order valence-corrected chi connectivity index (χ4v) is 0.979. The number of benzene rings is 1. The van der Waals surface area contributed by atoms with Gasteiger partial charge in [-0.1, -0.05) is 0 Å². The van der Waals surface area contributed by atoms with Gasteiger partial charge in [0.15, 0.2) is 11.5 Å². The van der Waals surface area contributed by atoms with Gasteiger partial charge < -0.3 is 19.7 Å². The van der Waals surface area contributed by atoms with Crippen molar-refractivity contribution in [2.24, 2.45) is 0 Å². The minimum absolute atomic E-state index is 0.00964. The molecule has 0 bridgehead atoms. The van der Waals surface area contributed by atoms with Crippen LogP contribution in [0.4, 0.5) is 4.79 Å². The molecule has 0 saturated heterocycles. The highest BCUT2D eigenvalue weighted by Crippen LogP contribution is 2.28. The number of carbonyl (C=O) groups is 2. The fourth-order valence-electron chi connectivity index (χ4n) is 0.979. The maximum atomic E-state index is 10.6. The van der Waals surface area contributed by atoms with E-state index >= 15 is 0 Å². The molecule has 0 unspecified atom stereocenters. The topological polar surface area (TPSA) is 93.1 Å². The van der Waals surface area contributed by atoms with Gasteiger partial charge in [-0.25, -0.2) is 9.59 Å². The van der Waals surface area contributed by atoms with Crippen LogP contribution in [-0.2, 0) is 0 Å². The molecule has 0 heterocycles. The number of carboxylic acid groups (broad SMARTS) is 2. The highest BCUT2D eigenvalue weighted by molar-refractivity contribution is 5.88. The third-order valence-electron chi connectivity index (χ3n) is 1.61. The molecule has 2 N–H and O–H groups in total. The highest BCUT2D eigenvalue weighted by atomic mass is 16.7. The second-order valence-electron chi connectivity index (χ2n) is 2.54. The van der Waals surface area contributed by atoms with Crippen molar-refractivity contribution in [1.29, 1.82) is 0 Å². The maximum absolute atomic E-state index is 10.6. The molecule has 0 amide bonds. The number of aromatic carboxylic acids is 1. The molecule has 0 aliphatic carbocycles. The van der Waals surface area contributed by atoms with Crippen LogP contribution >= 0.6 is 0 Å². The lowest BCUT2D eigenvalue weighted by molar-refractivity contribution is 0.0696. The third-order valence-corrected chi connectivity index (χ3v) is 1.61. The molecule has 6 heteroatoms. The Balaban J connectivity index is 3.08. The second kappa shape index (κ2) is 4.32. The van der Waals surface area contributed by atoms with Crippen molar-refractivity contribution in [2.75, 3.05) is 7.11 Å². The second-order valence-corrected chi connectivity index (χ2v) is 2.54. The van der Waals surface area contributed by atoms with E-state index in [1.807, 2.05) is 0 Å². The lowest BCUT2D eigenvalue weighted by Gasteiger charge is -2.07. The Hall–Kier alpha value is -2.24. The van der Waals surface area contributed by atoms with E-state index in [0.29, 0.717) is 0 Å². The Bertz CT molecular complexity index is 398. The van der Waals surface area contributed by atoms with Crippen LogP contribution < -0.4 is 9.47 Å². The number of carboxylic acids is 1. The molecule has 1 aromatic rings. The van der Waals surface area contributed by atoms with Crippen LogP contribution in [-0.4, -0.2) is 29.4 Å². The van der Waals surface area contributed by atoms with Crippen molar-refractivity contribution in [3.8, 4) is 11.5 Å². The van der Waals surface area contributed by atoms with E-state index in [2.05, 4.69) is 4.74 Å². The predicted octanol–water partition coefficient (Wildman–Crippen LogP) is 1.45. The largest absolute Gasteiger partial charge is 0.511 e. The number of rotatable bonds is 3. The Morgan fingerprint density at radius 2 is 1.87 bits per heavy atom. The zero-order chi connectivity index (χ0) is 11.4. The summed E-state index contributed by atoms with van der Waals surface area (Å²) in [6, 6.07) is 3.63. The zero-order valence-electron chi connectivity index (χ0n) is 7.76. The molecule has 6 nitrogen and oxygen atoms in total. The van der Waals surface area contributed by atoms with Gasteiger partial charge in [0.25, 0.3) is 0 Å². The highest BCUT2D eigenvalue weighted by Gasteiger charge is 2.12. The smallest absolute Gasteiger partial charge is 0.493 e. The molecular weight excluding hydrogens is 204 g/mol. The van der Waals surface area contributed by atoms with Crippen molar-refractivity contribution < 1.29 is 29.3 Å². The molecule has 0 spiro atoms. The Kier molecular flexibility index (Phi) is 3.12. The first-order valence-electron chi connectivity index (χ1n) is 3.86. The molecule has 0 saturated carbocycles. The average molecular weight is 212 g/mol. The van der Waals surface area contributed by atoms with Crippen LogP contribution in [0, 0.1) is 0 Å². The normalized spacial score (nSPS) is 9.40. The molecule has 1 rings (SSSR count). The van der Waals surface area contributed by atoms with Crippen LogP contribution in [0.25, 0.3) is 0 Å². The van der Waals surface area contributed by atoms with Crippen LogP contribution in [0.3, 0.4) is 0 Å². The van der Waals surface area contributed by atoms with Crippen molar-refractivity contribution in [2.45, 2.75) is 0 Å². The molecule has 0 aliphatic heterocycles. The number of hydrogen-bond acceptors (Lipinski definition) is 4. The van der Waals surface area contributed by atoms with Crippen LogP contribution in [0.2, 0.25) is 0 Å². The monoisotopic (exact) mass is 212 g/mol. The lowest BCUT2D eigenvalue weighted by atomic mass is 10.2. The molecule has 0 aliphatic rings. The summed E-state index contributed by atoms with van der Waals surface area (Å²) in [5, 5.41) is 17.0. The SMILES string of the molecule is COc1cc(C(=O)O)ccc1OC(=O)O. The van der Waals surface area contributed by atoms with Gasteiger partial charge in [0.2, 0.25) is 0 Å². The molecular formula is C9H8O6. The van der Waals surface area contributed by atoms with Crippen molar-refractivity contribution in [3.05, 3.63) is 23.8 Å². The Morgan fingerprint density at radius 1 is 1.20 bits per heavy atom. The van der Waals surface area contributed by atoms with E-state index in [-0.39, 0.29) is 17.1 Å². The van der Waals surface area contributed by atoms with Crippen molar-refractivity contribution in [3.63, 3.8) is 0 Å². The van der Waals surface area contributed by atoms with Gasteiger partial charge in [-0.05, 0) is 18.2 Å². The van der Waals surface area contributed by atoms with Crippen molar-refractivity contribution in [1.82, 2.24) is 0 Å². The fraction of sp³-hybridized carbons (Fsp3) is 0.111. The number of ether oxygens (including phenoxy) is 2. The molecule has 0 radical (unpaired) electrons.